The fourth-order valence-electron chi connectivity index (χ4n) is 0.896. The predicted octanol–water partition coefficient (Wildman–Crippen LogP) is 4.59. The molecule has 0 bridgehead atoms. The molecule has 0 aliphatic rings. The van der Waals surface area contributed by atoms with Gasteiger partial charge in [0, 0.05) is 4.47 Å². The molecule has 0 atom stereocenters. The average molecular weight is 371 g/mol. The average Bonchev–Trinajstić information content (AvgIpc) is 2.11. The summed E-state index contributed by atoms with van der Waals surface area (Å²) in [5, 5.41) is 0. The smallest absolute Gasteiger partial charge is 0.134 e. The third-order valence-electron chi connectivity index (χ3n) is 1.51. The Labute approximate surface area is 103 Å². The SMILES string of the molecule is COc1cc(Br)c(C=CBr)cc1Br. The third kappa shape index (κ3) is 2.82. The van der Waals surface area contributed by atoms with Crippen LogP contribution in [0.1, 0.15) is 5.56 Å². The van der Waals surface area contributed by atoms with Crippen molar-refractivity contribution in [3.05, 3.63) is 31.6 Å². The first kappa shape index (κ1) is 11.3. The number of hydrogen-bond acceptors (Lipinski definition) is 1. The molecule has 0 radical (unpaired) electrons. The summed E-state index contributed by atoms with van der Waals surface area (Å²) in [4.78, 5) is 1.81. The van der Waals surface area contributed by atoms with Crippen LogP contribution in [0.2, 0.25) is 0 Å². The van der Waals surface area contributed by atoms with E-state index in [1.807, 2.05) is 23.2 Å². The molecule has 0 spiro atoms. The molecule has 0 amide bonds. The van der Waals surface area contributed by atoms with Crippen LogP contribution in [0.3, 0.4) is 0 Å². The highest BCUT2D eigenvalue weighted by Gasteiger charge is 2.04. The van der Waals surface area contributed by atoms with Gasteiger partial charge in [-0.1, -0.05) is 31.9 Å². The lowest BCUT2D eigenvalue weighted by molar-refractivity contribution is 0.412. The Bertz CT molecular complexity index is 334. The van der Waals surface area contributed by atoms with E-state index in [0.717, 1.165) is 20.3 Å². The van der Waals surface area contributed by atoms with Crippen LogP contribution in [-0.2, 0) is 0 Å². The van der Waals surface area contributed by atoms with Crippen LogP contribution in [0.5, 0.6) is 5.75 Å². The van der Waals surface area contributed by atoms with Gasteiger partial charge in [-0.2, -0.15) is 0 Å². The first-order chi connectivity index (χ1) is 6.19. The van der Waals surface area contributed by atoms with Gasteiger partial charge in [0.15, 0.2) is 0 Å². The van der Waals surface area contributed by atoms with Crippen molar-refractivity contribution in [1.82, 2.24) is 0 Å². The molecule has 0 unspecified atom stereocenters. The second kappa shape index (κ2) is 5.17. The lowest BCUT2D eigenvalue weighted by Gasteiger charge is -2.05. The highest BCUT2D eigenvalue weighted by Crippen LogP contribution is 2.32. The van der Waals surface area contributed by atoms with Crippen LogP contribution < -0.4 is 4.74 Å². The summed E-state index contributed by atoms with van der Waals surface area (Å²) in [6, 6.07) is 3.91. The number of rotatable bonds is 2. The molecule has 0 N–H and O–H groups in total. The first-order valence-corrected chi connectivity index (χ1v) is 5.99. The van der Waals surface area contributed by atoms with Crippen molar-refractivity contribution < 1.29 is 4.74 Å². The Kier molecular flexibility index (Phi) is 4.49. The summed E-state index contributed by atoms with van der Waals surface area (Å²) >= 11 is 10.1. The monoisotopic (exact) mass is 368 g/mol. The number of halogens is 3. The standard InChI is InChI=1S/C9H7Br3O/c1-13-9-5-7(11)6(2-3-10)4-8(9)12/h2-5H,1H3. The van der Waals surface area contributed by atoms with Gasteiger partial charge in [0.1, 0.15) is 5.75 Å². The van der Waals surface area contributed by atoms with Crippen LogP contribution in [-0.4, -0.2) is 7.11 Å². The van der Waals surface area contributed by atoms with Gasteiger partial charge in [0.25, 0.3) is 0 Å². The van der Waals surface area contributed by atoms with Crippen LogP contribution in [0.15, 0.2) is 26.1 Å². The molecule has 0 aliphatic carbocycles. The van der Waals surface area contributed by atoms with Gasteiger partial charge in [-0.15, -0.1) is 0 Å². The van der Waals surface area contributed by atoms with Crippen molar-refractivity contribution in [3.63, 3.8) is 0 Å². The molecule has 0 aliphatic heterocycles. The second-order valence-electron chi connectivity index (χ2n) is 2.30. The predicted molar refractivity (Wildman–Crippen MR) is 66.4 cm³/mol. The van der Waals surface area contributed by atoms with Gasteiger partial charge in [0.2, 0.25) is 0 Å². The Morgan fingerprint density at radius 3 is 2.46 bits per heavy atom. The van der Waals surface area contributed by atoms with Gasteiger partial charge in [0.05, 0.1) is 11.6 Å². The maximum Gasteiger partial charge on any atom is 0.134 e. The Morgan fingerprint density at radius 1 is 1.23 bits per heavy atom. The molecule has 4 heteroatoms. The minimum absolute atomic E-state index is 0.818. The minimum Gasteiger partial charge on any atom is -0.496 e. The Balaban J connectivity index is 3.20. The van der Waals surface area contributed by atoms with Gasteiger partial charge in [-0.3, -0.25) is 0 Å². The first-order valence-electron chi connectivity index (χ1n) is 3.49. The Hall–Kier alpha value is 0.200. The van der Waals surface area contributed by atoms with Crippen LogP contribution >= 0.6 is 47.8 Å². The second-order valence-corrected chi connectivity index (χ2v) is 4.54. The largest absolute Gasteiger partial charge is 0.496 e. The van der Waals surface area contributed by atoms with Crippen molar-refractivity contribution in [2.75, 3.05) is 7.11 Å². The van der Waals surface area contributed by atoms with Gasteiger partial charge in [-0.25, -0.2) is 0 Å². The van der Waals surface area contributed by atoms with E-state index in [1.165, 1.54) is 0 Å². The zero-order valence-corrected chi connectivity index (χ0v) is 11.6. The third-order valence-corrected chi connectivity index (χ3v) is 3.08. The minimum atomic E-state index is 0.818. The van der Waals surface area contributed by atoms with Gasteiger partial charge in [-0.05, 0) is 44.7 Å². The molecule has 1 nitrogen and oxygen atoms in total. The zero-order chi connectivity index (χ0) is 9.84. The van der Waals surface area contributed by atoms with Gasteiger partial charge < -0.3 is 4.74 Å². The van der Waals surface area contributed by atoms with Crippen molar-refractivity contribution >= 4 is 53.9 Å². The van der Waals surface area contributed by atoms with Crippen molar-refractivity contribution in [2.45, 2.75) is 0 Å². The van der Waals surface area contributed by atoms with E-state index in [4.69, 9.17) is 4.74 Å². The maximum absolute atomic E-state index is 5.15. The summed E-state index contributed by atoms with van der Waals surface area (Å²) in [6.45, 7) is 0. The molecule has 0 heterocycles. The molecule has 1 rings (SSSR count). The zero-order valence-electron chi connectivity index (χ0n) is 6.85. The van der Waals surface area contributed by atoms with Crippen molar-refractivity contribution in [3.8, 4) is 5.75 Å². The fourth-order valence-corrected chi connectivity index (χ4v) is 2.16. The molecule has 1 aromatic rings. The summed E-state index contributed by atoms with van der Waals surface area (Å²) in [6.07, 6.45) is 1.95. The molecule has 13 heavy (non-hydrogen) atoms. The van der Waals surface area contributed by atoms with E-state index in [9.17, 15) is 0 Å². The number of benzene rings is 1. The Morgan fingerprint density at radius 2 is 1.92 bits per heavy atom. The lowest BCUT2D eigenvalue weighted by atomic mass is 10.2. The van der Waals surface area contributed by atoms with E-state index in [1.54, 1.807) is 7.11 Å². The van der Waals surface area contributed by atoms with Crippen LogP contribution in [0.4, 0.5) is 0 Å². The molecular weight excluding hydrogens is 364 g/mol. The summed E-state index contributed by atoms with van der Waals surface area (Å²) in [7, 11) is 1.65. The molecule has 0 saturated heterocycles. The maximum atomic E-state index is 5.15. The van der Waals surface area contributed by atoms with Crippen molar-refractivity contribution in [1.29, 1.82) is 0 Å². The molecule has 0 aromatic heterocycles. The quantitative estimate of drug-likeness (QED) is 0.740. The van der Waals surface area contributed by atoms with E-state index in [0.29, 0.717) is 0 Å². The number of ether oxygens (including phenoxy) is 1. The number of methoxy groups -OCH3 is 1. The summed E-state index contributed by atoms with van der Waals surface area (Å²) in [5.74, 6) is 0.818. The van der Waals surface area contributed by atoms with E-state index in [-0.39, 0.29) is 0 Å². The summed E-state index contributed by atoms with van der Waals surface area (Å²) in [5.41, 5.74) is 1.09. The molecule has 0 saturated carbocycles. The fraction of sp³-hybridized carbons (Fsp3) is 0.111. The molecular formula is C9H7Br3O. The van der Waals surface area contributed by atoms with Crippen LogP contribution in [0.25, 0.3) is 6.08 Å². The topological polar surface area (TPSA) is 9.23 Å². The normalized spacial score (nSPS) is 10.8. The number of hydrogen-bond donors (Lipinski definition) is 0. The van der Waals surface area contributed by atoms with E-state index >= 15 is 0 Å². The molecule has 70 valence electrons. The van der Waals surface area contributed by atoms with Crippen molar-refractivity contribution in [2.24, 2.45) is 0 Å². The highest BCUT2D eigenvalue weighted by molar-refractivity contribution is 9.11. The highest BCUT2D eigenvalue weighted by atomic mass is 79.9. The molecule has 0 fully saturated rings. The van der Waals surface area contributed by atoms with E-state index in [2.05, 4.69) is 47.8 Å². The van der Waals surface area contributed by atoms with E-state index < -0.39 is 0 Å². The van der Waals surface area contributed by atoms with Crippen LogP contribution in [0, 0.1) is 0 Å². The van der Waals surface area contributed by atoms with Gasteiger partial charge >= 0.3 is 0 Å². The lowest BCUT2D eigenvalue weighted by Crippen LogP contribution is -1.86. The molecule has 1 aromatic carbocycles. The summed E-state index contributed by atoms with van der Waals surface area (Å²) < 4.78 is 7.09.